The number of halogens is 4. The normalized spacial score (nSPS) is 11.2. The molecule has 5 nitrogen and oxygen atoms in total. The Balaban J connectivity index is 1.54. The highest BCUT2D eigenvalue weighted by Gasteiger charge is 2.41. The number of carbonyl (C=O) groups is 2. The van der Waals surface area contributed by atoms with Crippen LogP contribution < -0.4 is 10.6 Å². The summed E-state index contributed by atoms with van der Waals surface area (Å²) in [5.74, 6) is -7.13. The summed E-state index contributed by atoms with van der Waals surface area (Å²) in [4.78, 5) is 29.5. The predicted octanol–water partition coefficient (Wildman–Crippen LogP) is 6.69. The van der Waals surface area contributed by atoms with E-state index in [0.29, 0.717) is 5.69 Å². The van der Waals surface area contributed by atoms with Gasteiger partial charge in [-0.1, -0.05) is 58.4 Å². The van der Waals surface area contributed by atoms with Crippen molar-refractivity contribution in [3.63, 3.8) is 0 Å². The van der Waals surface area contributed by atoms with Crippen LogP contribution in [0, 0.1) is 5.82 Å². The maximum atomic E-state index is 14.6. The van der Waals surface area contributed by atoms with Gasteiger partial charge in [-0.05, 0) is 30.3 Å². The topological polar surface area (TPSA) is 71.1 Å². The van der Waals surface area contributed by atoms with Gasteiger partial charge >= 0.3 is 5.92 Å². The molecule has 34 heavy (non-hydrogen) atoms. The molecule has 10 heteroatoms. The molecule has 0 radical (unpaired) electrons. The van der Waals surface area contributed by atoms with Gasteiger partial charge in [0.05, 0.1) is 16.9 Å². The van der Waals surface area contributed by atoms with E-state index < -0.39 is 29.1 Å². The lowest BCUT2D eigenvalue weighted by atomic mass is 10.1. The zero-order valence-electron chi connectivity index (χ0n) is 17.2. The van der Waals surface area contributed by atoms with Gasteiger partial charge in [-0.25, -0.2) is 9.37 Å². The van der Waals surface area contributed by atoms with Crippen LogP contribution in [0.3, 0.4) is 0 Å². The molecular weight excluding hydrogens is 531 g/mol. The van der Waals surface area contributed by atoms with E-state index >= 15 is 0 Å². The van der Waals surface area contributed by atoms with Crippen LogP contribution in [0.25, 0.3) is 11.3 Å². The number of aromatic nitrogens is 1. The van der Waals surface area contributed by atoms with Crippen LogP contribution in [0.1, 0.15) is 15.9 Å². The molecule has 0 fully saturated rings. The second kappa shape index (κ2) is 9.78. The molecule has 0 aliphatic rings. The van der Waals surface area contributed by atoms with Crippen molar-refractivity contribution in [2.75, 3.05) is 10.6 Å². The summed E-state index contributed by atoms with van der Waals surface area (Å²) in [6.07, 6.45) is 0. The van der Waals surface area contributed by atoms with E-state index in [-0.39, 0.29) is 16.4 Å². The lowest BCUT2D eigenvalue weighted by molar-refractivity contribution is -0.140. The predicted molar refractivity (Wildman–Crippen MR) is 129 cm³/mol. The quantitative estimate of drug-likeness (QED) is 0.283. The monoisotopic (exact) mass is 545 g/mol. The molecule has 1 aromatic heterocycles. The van der Waals surface area contributed by atoms with E-state index in [4.69, 9.17) is 0 Å². The average Bonchev–Trinajstić information content (AvgIpc) is 3.28. The van der Waals surface area contributed by atoms with Gasteiger partial charge in [0.1, 0.15) is 5.82 Å². The van der Waals surface area contributed by atoms with Crippen LogP contribution in [0.4, 0.5) is 24.0 Å². The van der Waals surface area contributed by atoms with Crippen LogP contribution in [-0.4, -0.2) is 16.8 Å². The minimum Gasteiger partial charge on any atom is -0.320 e. The lowest BCUT2D eigenvalue weighted by Gasteiger charge is -2.17. The van der Waals surface area contributed by atoms with E-state index in [1.165, 1.54) is 18.2 Å². The Bertz CT molecular complexity index is 1350. The number of nitrogens with one attached hydrogen (secondary N) is 2. The van der Waals surface area contributed by atoms with Gasteiger partial charge in [-0.2, -0.15) is 8.78 Å². The van der Waals surface area contributed by atoms with E-state index in [1.807, 2.05) is 29.6 Å². The standard InChI is InChI=1S/C24H15BrF3N3O2S/c25-16-8-6-14(7-9-16)20-13-34-23(30-20)31-21(32)18-11-10-17(26)12-19(18)29-22(33)24(27,28)15-4-2-1-3-5-15/h1-13H,(H,29,33)(H,30,31,32). The Labute approximate surface area is 204 Å². The second-order valence-electron chi connectivity index (χ2n) is 7.08. The van der Waals surface area contributed by atoms with Gasteiger partial charge in [-0.3, -0.25) is 14.9 Å². The molecule has 2 N–H and O–H groups in total. The third-order valence-corrected chi connectivity index (χ3v) is 6.05. The first-order valence-electron chi connectivity index (χ1n) is 9.81. The minimum absolute atomic E-state index is 0.195. The molecule has 0 saturated heterocycles. The Hall–Kier alpha value is -3.50. The van der Waals surface area contributed by atoms with Gasteiger partial charge in [-0.15, -0.1) is 11.3 Å². The Morgan fingerprint density at radius 1 is 0.941 bits per heavy atom. The molecule has 0 saturated carbocycles. The number of rotatable bonds is 6. The van der Waals surface area contributed by atoms with Gasteiger partial charge in [0.25, 0.3) is 11.8 Å². The largest absolute Gasteiger partial charge is 0.350 e. The highest BCUT2D eigenvalue weighted by atomic mass is 79.9. The zero-order valence-corrected chi connectivity index (χ0v) is 19.6. The summed E-state index contributed by atoms with van der Waals surface area (Å²) in [6, 6.07) is 16.8. The molecule has 3 aromatic carbocycles. The fourth-order valence-electron chi connectivity index (χ4n) is 3.05. The van der Waals surface area contributed by atoms with Crippen molar-refractivity contribution < 1.29 is 22.8 Å². The number of thiazole rings is 1. The fourth-order valence-corrected chi connectivity index (χ4v) is 4.03. The molecule has 4 aromatic rings. The summed E-state index contributed by atoms with van der Waals surface area (Å²) < 4.78 is 43.9. The Morgan fingerprint density at radius 2 is 1.65 bits per heavy atom. The van der Waals surface area contributed by atoms with Crippen LogP contribution in [0.15, 0.2) is 82.6 Å². The van der Waals surface area contributed by atoms with Crippen molar-refractivity contribution in [1.29, 1.82) is 0 Å². The van der Waals surface area contributed by atoms with Crippen molar-refractivity contribution >= 4 is 49.9 Å². The molecule has 0 aliphatic heterocycles. The molecule has 0 atom stereocenters. The van der Waals surface area contributed by atoms with Crippen LogP contribution >= 0.6 is 27.3 Å². The summed E-state index contributed by atoms with van der Waals surface area (Å²) in [6.45, 7) is 0. The molecule has 2 amide bonds. The Morgan fingerprint density at radius 3 is 2.35 bits per heavy atom. The van der Waals surface area contributed by atoms with E-state index in [9.17, 15) is 22.8 Å². The summed E-state index contributed by atoms with van der Waals surface area (Å²) in [5.41, 5.74) is 0.348. The first kappa shape index (κ1) is 23.7. The van der Waals surface area contributed by atoms with Crippen molar-refractivity contribution in [3.8, 4) is 11.3 Å². The van der Waals surface area contributed by atoms with E-state index in [2.05, 4.69) is 26.2 Å². The number of amides is 2. The molecule has 1 heterocycles. The van der Waals surface area contributed by atoms with Gasteiger partial charge in [0.2, 0.25) is 0 Å². The average molecular weight is 546 g/mol. The third-order valence-electron chi connectivity index (χ3n) is 4.76. The van der Waals surface area contributed by atoms with Crippen molar-refractivity contribution in [3.05, 3.63) is 99.6 Å². The van der Waals surface area contributed by atoms with E-state index in [1.54, 1.807) is 5.38 Å². The number of benzene rings is 3. The maximum absolute atomic E-state index is 14.6. The van der Waals surface area contributed by atoms with Crippen molar-refractivity contribution in [2.45, 2.75) is 5.92 Å². The summed E-state index contributed by atoms with van der Waals surface area (Å²) in [5, 5.41) is 6.54. The van der Waals surface area contributed by atoms with E-state index in [0.717, 1.165) is 51.7 Å². The lowest BCUT2D eigenvalue weighted by Crippen LogP contribution is -2.33. The molecule has 0 unspecified atom stereocenters. The van der Waals surface area contributed by atoms with Gasteiger partial charge < -0.3 is 5.32 Å². The van der Waals surface area contributed by atoms with Crippen LogP contribution in [0.2, 0.25) is 0 Å². The molecule has 0 aliphatic carbocycles. The number of hydrogen-bond donors (Lipinski definition) is 2. The number of carbonyl (C=O) groups excluding carboxylic acids is 2. The molecule has 4 rings (SSSR count). The third kappa shape index (κ3) is 5.18. The number of alkyl halides is 2. The summed E-state index contributed by atoms with van der Waals surface area (Å²) >= 11 is 4.52. The zero-order chi connectivity index (χ0) is 24.3. The Kier molecular flexibility index (Phi) is 6.80. The molecule has 0 spiro atoms. The first-order valence-corrected chi connectivity index (χ1v) is 11.5. The number of anilines is 2. The molecule has 172 valence electrons. The second-order valence-corrected chi connectivity index (χ2v) is 8.86. The van der Waals surface area contributed by atoms with Crippen LogP contribution in [-0.2, 0) is 10.7 Å². The van der Waals surface area contributed by atoms with Crippen LogP contribution in [0.5, 0.6) is 0 Å². The number of nitrogens with zero attached hydrogens (tertiary/aromatic N) is 1. The first-order chi connectivity index (χ1) is 16.2. The van der Waals surface area contributed by atoms with Crippen molar-refractivity contribution in [2.24, 2.45) is 0 Å². The highest BCUT2D eigenvalue weighted by Crippen LogP contribution is 2.31. The summed E-state index contributed by atoms with van der Waals surface area (Å²) in [7, 11) is 0. The molecule has 0 bridgehead atoms. The number of hydrogen-bond acceptors (Lipinski definition) is 4. The fraction of sp³-hybridized carbons (Fsp3) is 0.0417. The SMILES string of the molecule is O=C(Nc1nc(-c2ccc(Br)cc2)cs1)c1ccc(F)cc1NC(=O)C(F)(F)c1ccccc1. The molecular formula is C24H15BrF3N3O2S. The highest BCUT2D eigenvalue weighted by molar-refractivity contribution is 9.10. The van der Waals surface area contributed by atoms with Crippen molar-refractivity contribution in [1.82, 2.24) is 4.98 Å². The maximum Gasteiger partial charge on any atom is 0.350 e. The smallest absolute Gasteiger partial charge is 0.320 e. The van der Waals surface area contributed by atoms with Gasteiger partial charge in [0.15, 0.2) is 5.13 Å². The van der Waals surface area contributed by atoms with Gasteiger partial charge in [0, 0.05) is 21.0 Å². The minimum atomic E-state index is -3.89.